The number of non-ortho nitro benzene ring substituents is 1. The molecule has 1 aliphatic heterocycles. The van der Waals surface area contributed by atoms with Crippen LogP contribution in [0.15, 0.2) is 66.7 Å². The third kappa shape index (κ3) is 4.50. The van der Waals surface area contributed by atoms with Gasteiger partial charge >= 0.3 is 0 Å². The number of hydrogen-bond donors (Lipinski definition) is 1. The van der Waals surface area contributed by atoms with Crippen molar-refractivity contribution in [2.24, 2.45) is 0 Å². The highest BCUT2D eigenvalue weighted by Crippen LogP contribution is 2.30. The Morgan fingerprint density at radius 2 is 1.90 bits per heavy atom. The van der Waals surface area contributed by atoms with Crippen molar-refractivity contribution in [1.82, 2.24) is 0 Å². The summed E-state index contributed by atoms with van der Waals surface area (Å²) in [6.07, 6.45) is 2.23. The zero-order valence-electron chi connectivity index (χ0n) is 17.2. The summed E-state index contributed by atoms with van der Waals surface area (Å²) in [6, 6.07) is 20.0. The van der Waals surface area contributed by atoms with Crippen molar-refractivity contribution in [1.29, 1.82) is 0 Å². The monoisotopic (exact) mass is 417 g/mol. The standard InChI is InChI=1S/C24H23N3O4/c1-31-23-13-12-20(27(29)30)15-21(23)25-24(28)19-10-8-17(9-11-19)16-26-14-4-6-18-5-2-3-7-22(18)26/h2-3,5,7-13,15H,4,6,14,16H2,1H3,(H,25,28). The van der Waals surface area contributed by atoms with E-state index in [0.29, 0.717) is 11.3 Å². The van der Waals surface area contributed by atoms with Gasteiger partial charge in [0.25, 0.3) is 11.6 Å². The molecule has 0 aliphatic carbocycles. The van der Waals surface area contributed by atoms with Gasteiger partial charge in [0.1, 0.15) is 5.75 Å². The molecule has 0 atom stereocenters. The number of amides is 1. The first-order valence-electron chi connectivity index (χ1n) is 10.1. The Hall–Kier alpha value is -3.87. The minimum atomic E-state index is -0.511. The van der Waals surface area contributed by atoms with Crippen LogP contribution in [0.5, 0.6) is 5.75 Å². The number of benzene rings is 3. The molecule has 0 fully saturated rings. The number of ether oxygens (including phenoxy) is 1. The number of nitro benzene ring substituents is 1. The molecule has 0 aromatic heterocycles. The predicted octanol–water partition coefficient (Wildman–Crippen LogP) is 4.81. The van der Waals surface area contributed by atoms with E-state index in [9.17, 15) is 14.9 Å². The fourth-order valence-electron chi connectivity index (χ4n) is 3.86. The minimum Gasteiger partial charge on any atom is -0.495 e. The zero-order valence-corrected chi connectivity index (χ0v) is 17.2. The summed E-state index contributed by atoms with van der Waals surface area (Å²) in [6.45, 7) is 1.78. The van der Waals surface area contributed by atoms with Crippen LogP contribution in [-0.4, -0.2) is 24.5 Å². The second kappa shape index (κ2) is 8.87. The van der Waals surface area contributed by atoms with Gasteiger partial charge in [0.15, 0.2) is 0 Å². The van der Waals surface area contributed by atoms with E-state index in [1.807, 2.05) is 12.1 Å². The number of nitro groups is 1. The fourth-order valence-corrected chi connectivity index (χ4v) is 3.86. The summed E-state index contributed by atoms with van der Waals surface area (Å²) >= 11 is 0. The molecule has 158 valence electrons. The van der Waals surface area contributed by atoms with Gasteiger partial charge in [0, 0.05) is 36.5 Å². The average Bonchev–Trinajstić information content (AvgIpc) is 2.79. The van der Waals surface area contributed by atoms with Gasteiger partial charge in [-0.05, 0) is 48.2 Å². The van der Waals surface area contributed by atoms with E-state index in [1.165, 1.54) is 36.6 Å². The molecule has 0 bridgehead atoms. The van der Waals surface area contributed by atoms with Crippen molar-refractivity contribution in [3.05, 3.63) is 93.5 Å². The summed E-state index contributed by atoms with van der Waals surface area (Å²) in [5, 5.41) is 13.7. The Morgan fingerprint density at radius 3 is 2.65 bits per heavy atom. The van der Waals surface area contributed by atoms with Gasteiger partial charge in [0.05, 0.1) is 17.7 Å². The highest BCUT2D eigenvalue weighted by atomic mass is 16.6. The number of anilines is 2. The summed E-state index contributed by atoms with van der Waals surface area (Å²) in [5.74, 6) is 0.00741. The molecule has 1 heterocycles. The van der Waals surface area contributed by atoms with Crippen LogP contribution in [0.2, 0.25) is 0 Å². The molecule has 31 heavy (non-hydrogen) atoms. The van der Waals surface area contributed by atoms with E-state index in [1.54, 1.807) is 12.1 Å². The smallest absolute Gasteiger partial charge is 0.271 e. The number of para-hydroxylation sites is 1. The van der Waals surface area contributed by atoms with Crippen LogP contribution in [0.25, 0.3) is 0 Å². The Morgan fingerprint density at radius 1 is 1.13 bits per heavy atom. The van der Waals surface area contributed by atoms with E-state index in [4.69, 9.17) is 4.74 Å². The number of methoxy groups -OCH3 is 1. The van der Waals surface area contributed by atoms with Crippen molar-refractivity contribution in [3.63, 3.8) is 0 Å². The van der Waals surface area contributed by atoms with Crippen molar-refractivity contribution in [2.45, 2.75) is 19.4 Å². The molecular formula is C24H23N3O4. The number of nitrogens with one attached hydrogen (secondary N) is 1. The van der Waals surface area contributed by atoms with Crippen LogP contribution < -0.4 is 15.0 Å². The summed E-state index contributed by atoms with van der Waals surface area (Å²) in [5.41, 5.74) is 4.37. The van der Waals surface area contributed by atoms with E-state index >= 15 is 0 Å². The number of carbonyl (C=O) groups is 1. The lowest BCUT2D eigenvalue weighted by Gasteiger charge is -2.31. The lowest BCUT2D eigenvalue weighted by molar-refractivity contribution is -0.384. The van der Waals surface area contributed by atoms with Crippen LogP contribution >= 0.6 is 0 Å². The van der Waals surface area contributed by atoms with E-state index < -0.39 is 4.92 Å². The molecule has 1 aliphatic rings. The first kappa shape index (κ1) is 20.4. The molecule has 0 saturated heterocycles. The predicted molar refractivity (Wildman–Crippen MR) is 120 cm³/mol. The van der Waals surface area contributed by atoms with Crippen molar-refractivity contribution in [2.75, 3.05) is 23.9 Å². The van der Waals surface area contributed by atoms with Crippen LogP contribution in [0.3, 0.4) is 0 Å². The summed E-state index contributed by atoms with van der Waals surface area (Å²) in [7, 11) is 1.45. The molecule has 1 N–H and O–H groups in total. The largest absolute Gasteiger partial charge is 0.495 e. The highest BCUT2D eigenvalue weighted by Gasteiger charge is 2.17. The van der Waals surface area contributed by atoms with Crippen LogP contribution in [0.1, 0.15) is 27.9 Å². The molecule has 0 spiro atoms. The van der Waals surface area contributed by atoms with E-state index in [0.717, 1.165) is 31.5 Å². The number of nitrogens with zero attached hydrogens (tertiary/aromatic N) is 2. The van der Waals surface area contributed by atoms with Gasteiger partial charge in [-0.2, -0.15) is 0 Å². The Balaban J connectivity index is 1.47. The molecule has 0 radical (unpaired) electrons. The van der Waals surface area contributed by atoms with Gasteiger partial charge in [-0.15, -0.1) is 0 Å². The maximum Gasteiger partial charge on any atom is 0.271 e. The molecule has 4 rings (SSSR count). The molecule has 3 aromatic rings. The van der Waals surface area contributed by atoms with Crippen molar-refractivity contribution in [3.8, 4) is 5.75 Å². The molecule has 7 heteroatoms. The van der Waals surface area contributed by atoms with Crippen LogP contribution in [-0.2, 0) is 13.0 Å². The van der Waals surface area contributed by atoms with Gasteiger partial charge < -0.3 is 15.0 Å². The second-order valence-electron chi connectivity index (χ2n) is 7.45. The normalized spacial score (nSPS) is 12.7. The number of rotatable bonds is 6. The number of hydrogen-bond acceptors (Lipinski definition) is 5. The molecule has 3 aromatic carbocycles. The van der Waals surface area contributed by atoms with Gasteiger partial charge in [-0.25, -0.2) is 0 Å². The second-order valence-corrected chi connectivity index (χ2v) is 7.45. The first-order chi connectivity index (χ1) is 15.0. The van der Waals surface area contributed by atoms with Crippen molar-refractivity contribution >= 4 is 23.0 Å². The molecular weight excluding hydrogens is 394 g/mol. The Bertz CT molecular complexity index is 1110. The molecule has 0 saturated carbocycles. The quantitative estimate of drug-likeness (QED) is 0.460. The van der Waals surface area contributed by atoms with Gasteiger partial charge in [-0.3, -0.25) is 14.9 Å². The van der Waals surface area contributed by atoms with Crippen molar-refractivity contribution < 1.29 is 14.5 Å². The number of fused-ring (bicyclic) bond motifs is 1. The lowest BCUT2D eigenvalue weighted by atomic mass is 10.0. The van der Waals surface area contributed by atoms with Crippen LogP contribution in [0.4, 0.5) is 17.1 Å². The fraction of sp³-hybridized carbons (Fsp3) is 0.208. The Kier molecular flexibility index (Phi) is 5.84. The zero-order chi connectivity index (χ0) is 21.8. The maximum absolute atomic E-state index is 12.7. The summed E-state index contributed by atoms with van der Waals surface area (Å²) in [4.78, 5) is 25.6. The summed E-state index contributed by atoms with van der Waals surface area (Å²) < 4.78 is 5.21. The third-order valence-corrected chi connectivity index (χ3v) is 5.44. The number of aryl methyl sites for hydroxylation is 1. The molecule has 0 unspecified atom stereocenters. The average molecular weight is 417 g/mol. The molecule has 1 amide bonds. The number of carbonyl (C=O) groups excluding carboxylic acids is 1. The third-order valence-electron chi connectivity index (χ3n) is 5.44. The topological polar surface area (TPSA) is 84.7 Å². The SMILES string of the molecule is COc1ccc([N+](=O)[O-])cc1NC(=O)c1ccc(CN2CCCc3ccccc32)cc1. The van der Waals surface area contributed by atoms with Crippen LogP contribution in [0, 0.1) is 10.1 Å². The maximum atomic E-state index is 12.7. The van der Waals surface area contributed by atoms with E-state index in [2.05, 4.69) is 34.5 Å². The van der Waals surface area contributed by atoms with Gasteiger partial charge in [0.2, 0.25) is 0 Å². The Labute approximate surface area is 180 Å². The first-order valence-corrected chi connectivity index (χ1v) is 10.1. The molecule has 7 nitrogen and oxygen atoms in total. The van der Waals surface area contributed by atoms with Gasteiger partial charge in [-0.1, -0.05) is 30.3 Å². The minimum absolute atomic E-state index is 0.117. The van der Waals surface area contributed by atoms with E-state index in [-0.39, 0.29) is 17.3 Å². The lowest BCUT2D eigenvalue weighted by Crippen LogP contribution is -2.28. The highest BCUT2D eigenvalue weighted by molar-refractivity contribution is 6.05.